The third kappa shape index (κ3) is 2.14. The fraction of sp³-hybridized carbons (Fsp3) is 0.231. The number of benzene rings is 1. The Morgan fingerprint density at radius 3 is 2.50 bits per heavy atom. The van der Waals surface area contributed by atoms with E-state index in [1.165, 1.54) is 10.4 Å². The van der Waals surface area contributed by atoms with Gasteiger partial charge in [0.25, 0.3) is 0 Å². The molecule has 3 heteroatoms. The summed E-state index contributed by atoms with van der Waals surface area (Å²) in [5, 5.41) is 2.84. The molecule has 0 aliphatic rings. The van der Waals surface area contributed by atoms with Crippen LogP contribution in [0.25, 0.3) is 0 Å². The van der Waals surface area contributed by atoms with Crippen molar-refractivity contribution in [3.63, 3.8) is 0 Å². The summed E-state index contributed by atoms with van der Waals surface area (Å²) in [6.07, 6.45) is 0. The first-order chi connectivity index (χ1) is 7.59. The van der Waals surface area contributed by atoms with Crippen LogP contribution in [0.3, 0.4) is 0 Å². The lowest BCUT2D eigenvalue weighted by Gasteiger charge is -2.14. The maximum Gasteiger partial charge on any atom is 0.0651 e. The number of aryl methyl sites for hydroxylation is 2. The molecule has 0 bridgehead atoms. The molecule has 1 heterocycles. The van der Waals surface area contributed by atoms with Gasteiger partial charge in [0, 0.05) is 9.90 Å². The molecule has 1 nitrogen and oxygen atoms in total. The first-order valence-electron chi connectivity index (χ1n) is 5.15. The SMILES string of the molecule is Cc1cc(Cl)ccc1C(N)c1sccc1C. The van der Waals surface area contributed by atoms with Crippen molar-refractivity contribution in [3.05, 3.63) is 56.2 Å². The van der Waals surface area contributed by atoms with Crippen LogP contribution >= 0.6 is 22.9 Å². The molecule has 1 aromatic heterocycles. The Morgan fingerprint density at radius 1 is 1.19 bits per heavy atom. The smallest absolute Gasteiger partial charge is 0.0651 e. The Kier molecular flexibility index (Phi) is 3.33. The largest absolute Gasteiger partial charge is 0.320 e. The fourth-order valence-electron chi connectivity index (χ4n) is 1.83. The molecular weight excluding hydrogens is 238 g/mol. The average Bonchev–Trinajstić information content (AvgIpc) is 2.63. The Bertz CT molecular complexity index is 504. The second-order valence-electron chi connectivity index (χ2n) is 3.95. The van der Waals surface area contributed by atoms with Crippen LogP contribution in [0.5, 0.6) is 0 Å². The molecule has 2 aromatic rings. The van der Waals surface area contributed by atoms with E-state index in [1.807, 2.05) is 25.1 Å². The Hall–Kier alpha value is -0.830. The van der Waals surface area contributed by atoms with Crippen LogP contribution in [0.15, 0.2) is 29.6 Å². The van der Waals surface area contributed by atoms with Crippen LogP contribution in [-0.4, -0.2) is 0 Å². The highest BCUT2D eigenvalue weighted by molar-refractivity contribution is 7.10. The third-order valence-corrected chi connectivity index (χ3v) is 4.09. The minimum atomic E-state index is -0.0442. The summed E-state index contributed by atoms with van der Waals surface area (Å²) in [5.41, 5.74) is 9.83. The summed E-state index contributed by atoms with van der Waals surface area (Å²) >= 11 is 7.65. The maximum absolute atomic E-state index is 6.28. The second kappa shape index (κ2) is 4.58. The molecule has 2 N–H and O–H groups in total. The summed E-state index contributed by atoms with van der Waals surface area (Å²) < 4.78 is 0. The van der Waals surface area contributed by atoms with Gasteiger partial charge in [0.2, 0.25) is 0 Å². The maximum atomic E-state index is 6.28. The fourth-order valence-corrected chi connectivity index (χ4v) is 3.01. The monoisotopic (exact) mass is 251 g/mol. The van der Waals surface area contributed by atoms with Crippen molar-refractivity contribution in [2.45, 2.75) is 19.9 Å². The van der Waals surface area contributed by atoms with Crippen molar-refractivity contribution < 1.29 is 0 Å². The molecule has 0 saturated carbocycles. The molecular formula is C13H14ClNS. The van der Waals surface area contributed by atoms with Crippen molar-refractivity contribution in [3.8, 4) is 0 Å². The van der Waals surface area contributed by atoms with E-state index in [-0.39, 0.29) is 6.04 Å². The molecule has 0 aliphatic heterocycles. The first kappa shape index (κ1) is 11.6. The van der Waals surface area contributed by atoms with E-state index < -0.39 is 0 Å². The van der Waals surface area contributed by atoms with E-state index in [2.05, 4.69) is 18.4 Å². The topological polar surface area (TPSA) is 26.0 Å². The molecule has 0 radical (unpaired) electrons. The van der Waals surface area contributed by atoms with Gasteiger partial charge in [-0.05, 0) is 54.1 Å². The molecule has 0 fully saturated rings. The van der Waals surface area contributed by atoms with Gasteiger partial charge in [0.05, 0.1) is 6.04 Å². The van der Waals surface area contributed by atoms with E-state index in [9.17, 15) is 0 Å². The lowest BCUT2D eigenvalue weighted by Crippen LogP contribution is -2.12. The predicted molar refractivity (Wildman–Crippen MR) is 71.3 cm³/mol. The highest BCUT2D eigenvalue weighted by atomic mass is 35.5. The number of rotatable bonds is 2. The number of hydrogen-bond acceptors (Lipinski definition) is 2. The standard InChI is InChI=1S/C13H14ClNS/c1-8-5-6-16-13(8)12(15)11-4-3-10(14)7-9(11)2/h3-7,12H,15H2,1-2H3. The molecule has 1 aromatic carbocycles. The summed E-state index contributed by atoms with van der Waals surface area (Å²) in [6.45, 7) is 4.14. The van der Waals surface area contributed by atoms with Crippen molar-refractivity contribution in [2.75, 3.05) is 0 Å². The summed E-state index contributed by atoms with van der Waals surface area (Å²) in [5.74, 6) is 0. The van der Waals surface area contributed by atoms with Crippen LogP contribution in [0, 0.1) is 13.8 Å². The molecule has 16 heavy (non-hydrogen) atoms. The zero-order chi connectivity index (χ0) is 11.7. The molecule has 0 saturated heterocycles. The molecule has 0 spiro atoms. The van der Waals surface area contributed by atoms with Crippen LogP contribution in [0.4, 0.5) is 0 Å². The van der Waals surface area contributed by atoms with E-state index in [4.69, 9.17) is 17.3 Å². The van der Waals surface area contributed by atoms with Crippen LogP contribution in [-0.2, 0) is 0 Å². The van der Waals surface area contributed by atoms with Crippen molar-refractivity contribution in [1.29, 1.82) is 0 Å². The van der Waals surface area contributed by atoms with Gasteiger partial charge in [0.1, 0.15) is 0 Å². The average molecular weight is 252 g/mol. The summed E-state index contributed by atoms with van der Waals surface area (Å²) in [7, 11) is 0. The number of thiophene rings is 1. The Labute approximate surface area is 105 Å². The highest BCUT2D eigenvalue weighted by Gasteiger charge is 2.14. The number of hydrogen-bond donors (Lipinski definition) is 1. The van der Waals surface area contributed by atoms with Gasteiger partial charge in [0.15, 0.2) is 0 Å². The van der Waals surface area contributed by atoms with Gasteiger partial charge in [-0.25, -0.2) is 0 Å². The van der Waals surface area contributed by atoms with E-state index >= 15 is 0 Å². The normalized spacial score (nSPS) is 12.8. The molecule has 0 amide bonds. The van der Waals surface area contributed by atoms with Gasteiger partial charge >= 0.3 is 0 Å². The van der Waals surface area contributed by atoms with Gasteiger partial charge in [-0.2, -0.15) is 0 Å². The van der Waals surface area contributed by atoms with E-state index in [0.717, 1.165) is 16.1 Å². The van der Waals surface area contributed by atoms with Crippen molar-refractivity contribution in [1.82, 2.24) is 0 Å². The molecule has 84 valence electrons. The van der Waals surface area contributed by atoms with E-state index in [1.54, 1.807) is 11.3 Å². The Morgan fingerprint density at radius 2 is 1.94 bits per heavy atom. The lowest BCUT2D eigenvalue weighted by atomic mass is 9.99. The Balaban J connectivity index is 2.41. The number of halogens is 1. The van der Waals surface area contributed by atoms with Gasteiger partial charge in [-0.3, -0.25) is 0 Å². The third-order valence-electron chi connectivity index (χ3n) is 2.75. The lowest BCUT2D eigenvalue weighted by molar-refractivity contribution is 0.875. The summed E-state index contributed by atoms with van der Waals surface area (Å²) in [4.78, 5) is 1.23. The summed E-state index contributed by atoms with van der Waals surface area (Å²) in [6, 6.07) is 7.93. The van der Waals surface area contributed by atoms with Crippen molar-refractivity contribution in [2.24, 2.45) is 5.73 Å². The highest BCUT2D eigenvalue weighted by Crippen LogP contribution is 2.30. The van der Waals surface area contributed by atoms with E-state index in [0.29, 0.717) is 0 Å². The number of nitrogens with two attached hydrogens (primary N) is 1. The zero-order valence-corrected chi connectivity index (χ0v) is 10.9. The van der Waals surface area contributed by atoms with Gasteiger partial charge < -0.3 is 5.73 Å². The molecule has 1 atom stereocenters. The van der Waals surface area contributed by atoms with Crippen LogP contribution in [0.1, 0.15) is 27.6 Å². The molecule has 0 aliphatic carbocycles. The van der Waals surface area contributed by atoms with Crippen LogP contribution in [0.2, 0.25) is 5.02 Å². The molecule has 1 unspecified atom stereocenters. The quantitative estimate of drug-likeness (QED) is 0.856. The minimum Gasteiger partial charge on any atom is -0.320 e. The van der Waals surface area contributed by atoms with Gasteiger partial charge in [-0.1, -0.05) is 17.7 Å². The first-order valence-corrected chi connectivity index (χ1v) is 6.41. The van der Waals surface area contributed by atoms with Crippen molar-refractivity contribution >= 4 is 22.9 Å². The zero-order valence-electron chi connectivity index (χ0n) is 9.33. The van der Waals surface area contributed by atoms with Gasteiger partial charge in [-0.15, -0.1) is 11.3 Å². The predicted octanol–water partition coefficient (Wildman–Crippen LogP) is 4.07. The second-order valence-corrected chi connectivity index (χ2v) is 5.33. The molecule has 2 rings (SSSR count). The van der Waals surface area contributed by atoms with Crippen LogP contribution < -0.4 is 5.73 Å². The minimum absolute atomic E-state index is 0.0442.